The normalized spacial score (nSPS) is 17.1. The number of rotatable bonds is 4. The molecule has 9 heavy (non-hydrogen) atoms. The molecule has 0 saturated heterocycles. The van der Waals surface area contributed by atoms with E-state index in [1.54, 1.807) is 0 Å². The Kier molecular flexibility index (Phi) is 5.28. The molecule has 0 bridgehead atoms. The minimum Gasteiger partial charge on any atom is -0.314 e. The first-order valence-corrected chi connectivity index (χ1v) is 4.27. The lowest BCUT2D eigenvalue weighted by Gasteiger charge is -1.96. The summed E-state index contributed by atoms with van der Waals surface area (Å²) in [6.07, 6.45) is 0. The lowest BCUT2D eigenvalue weighted by Crippen LogP contribution is -1.71. The molecule has 0 aliphatic heterocycles. The maximum absolute atomic E-state index is 10.2. The topological polar surface area (TPSA) is 82.1 Å². The van der Waals surface area contributed by atoms with Gasteiger partial charge in [0.15, 0.2) is 0 Å². The maximum Gasteiger partial charge on any atom is 0.353 e. The van der Waals surface area contributed by atoms with Gasteiger partial charge in [-0.25, -0.2) is 9.57 Å². The Bertz CT molecular complexity index is 106. The predicted octanol–water partition coefficient (Wildman–Crippen LogP) is 0.918. The average Bonchev–Trinajstić information content (AvgIpc) is 1.87. The van der Waals surface area contributed by atoms with Gasteiger partial charge in [0, 0.05) is 7.11 Å². The molecule has 0 aliphatic rings. The van der Waals surface area contributed by atoms with Gasteiger partial charge in [0.05, 0.1) is 0 Å². The third-order valence-corrected chi connectivity index (χ3v) is 2.22. The molecule has 0 aliphatic carbocycles. The van der Waals surface area contributed by atoms with Gasteiger partial charge >= 0.3 is 16.5 Å². The Hall–Kier alpha value is 0.300. The van der Waals surface area contributed by atoms with Gasteiger partial charge in [0.1, 0.15) is 0 Å². The van der Waals surface area contributed by atoms with E-state index in [-0.39, 0.29) is 0 Å². The van der Waals surface area contributed by atoms with E-state index in [4.69, 9.17) is 5.26 Å². The summed E-state index contributed by atoms with van der Waals surface area (Å²) in [6.45, 7) is 0. The summed E-state index contributed by atoms with van der Waals surface area (Å²) in [4.78, 5) is 0. The van der Waals surface area contributed by atoms with Gasteiger partial charge in [-0.15, -0.1) is 0 Å². The van der Waals surface area contributed by atoms with Crippen molar-refractivity contribution in [2.45, 2.75) is 0 Å². The first kappa shape index (κ1) is 9.30. The van der Waals surface area contributed by atoms with Crippen LogP contribution in [-0.2, 0) is 22.6 Å². The molecule has 0 aromatic rings. The number of hydrogen-bond acceptors (Lipinski definition) is 6. The fourth-order valence-electron chi connectivity index (χ4n) is 0.128. The summed E-state index contributed by atoms with van der Waals surface area (Å²) in [6, 6.07) is 0. The molecule has 6 nitrogen and oxygen atoms in total. The van der Waals surface area contributed by atoms with Gasteiger partial charge in [-0.05, 0) is 0 Å². The second-order valence-electron chi connectivity index (χ2n) is 0.897. The van der Waals surface area contributed by atoms with Gasteiger partial charge in [-0.3, -0.25) is 9.13 Å². The van der Waals surface area contributed by atoms with E-state index in [0.717, 1.165) is 7.11 Å². The molecule has 0 radical (unpaired) electrons. The van der Waals surface area contributed by atoms with Crippen LogP contribution in [0.4, 0.5) is 0 Å². The third kappa shape index (κ3) is 4.78. The van der Waals surface area contributed by atoms with Gasteiger partial charge in [-0.2, -0.15) is 4.67 Å². The second kappa shape index (κ2) is 5.11. The molecule has 0 aromatic carbocycles. The summed E-state index contributed by atoms with van der Waals surface area (Å²) in [7, 11) is -4.65. The molecule has 56 valence electrons. The van der Waals surface area contributed by atoms with Crippen LogP contribution in [0.25, 0.3) is 0 Å². The first-order chi connectivity index (χ1) is 4.20. The van der Waals surface area contributed by atoms with Crippen LogP contribution in [-0.4, -0.2) is 12.4 Å². The predicted molar refractivity (Wildman–Crippen MR) is 29.8 cm³/mol. The van der Waals surface area contributed by atoms with E-state index >= 15 is 0 Å². The standard InChI is InChI=1S/CH6O6P2/c1-5-8(3)7-9(4)6-2/h2,8-9H,1H3. The van der Waals surface area contributed by atoms with E-state index in [2.05, 4.69) is 13.5 Å². The second-order valence-corrected chi connectivity index (χ2v) is 3.30. The van der Waals surface area contributed by atoms with Crippen molar-refractivity contribution in [3.05, 3.63) is 0 Å². The zero-order chi connectivity index (χ0) is 7.28. The SMILES string of the molecule is CO[PH](=O)O[PH](=O)OO. The first-order valence-electron chi connectivity index (χ1n) is 1.82. The molecule has 0 rings (SSSR count). The molecule has 2 unspecified atom stereocenters. The molecule has 0 saturated carbocycles. The van der Waals surface area contributed by atoms with E-state index in [9.17, 15) is 9.13 Å². The maximum atomic E-state index is 10.2. The lowest BCUT2D eigenvalue weighted by molar-refractivity contribution is -0.137. The average molecular weight is 176 g/mol. The third-order valence-electron chi connectivity index (χ3n) is 0.408. The Labute approximate surface area is 52.6 Å². The van der Waals surface area contributed by atoms with Gasteiger partial charge < -0.3 is 4.52 Å². The molecule has 0 fully saturated rings. The van der Waals surface area contributed by atoms with Crippen molar-refractivity contribution in [3.8, 4) is 0 Å². The van der Waals surface area contributed by atoms with E-state index < -0.39 is 16.5 Å². The molecule has 0 amide bonds. The van der Waals surface area contributed by atoms with E-state index in [0.29, 0.717) is 0 Å². The molecule has 0 heterocycles. The fourth-order valence-corrected chi connectivity index (χ4v) is 1.16. The summed E-state index contributed by atoms with van der Waals surface area (Å²) in [5, 5.41) is 7.61. The summed E-state index contributed by atoms with van der Waals surface area (Å²) >= 11 is 0. The Morgan fingerprint density at radius 2 is 1.89 bits per heavy atom. The van der Waals surface area contributed by atoms with Crippen LogP contribution in [0, 0.1) is 0 Å². The minimum absolute atomic E-state index is 1.12. The summed E-state index contributed by atoms with van der Waals surface area (Å²) < 4.78 is 31.4. The number of hydrogen-bond donors (Lipinski definition) is 1. The summed E-state index contributed by atoms with van der Waals surface area (Å²) in [5.41, 5.74) is 0. The van der Waals surface area contributed by atoms with Crippen molar-refractivity contribution in [2.75, 3.05) is 7.11 Å². The molecular formula is CH6O6P2. The Balaban J connectivity index is 3.47. The molecule has 1 N–H and O–H groups in total. The van der Waals surface area contributed by atoms with Crippen LogP contribution in [0.1, 0.15) is 0 Å². The summed E-state index contributed by atoms with van der Waals surface area (Å²) in [5.74, 6) is 0. The Morgan fingerprint density at radius 3 is 2.22 bits per heavy atom. The van der Waals surface area contributed by atoms with Crippen molar-refractivity contribution in [1.82, 2.24) is 0 Å². The lowest BCUT2D eigenvalue weighted by atomic mass is 11.8. The van der Waals surface area contributed by atoms with Gasteiger partial charge in [0.2, 0.25) is 0 Å². The quantitative estimate of drug-likeness (QED) is 0.389. The monoisotopic (exact) mass is 176 g/mol. The zero-order valence-electron chi connectivity index (χ0n) is 4.49. The van der Waals surface area contributed by atoms with Crippen LogP contribution in [0.15, 0.2) is 0 Å². The molecular weight excluding hydrogens is 170 g/mol. The van der Waals surface area contributed by atoms with Crippen molar-refractivity contribution in [3.63, 3.8) is 0 Å². The minimum atomic E-state index is -3.03. The van der Waals surface area contributed by atoms with Gasteiger partial charge in [0.25, 0.3) is 0 Å². The van der Waals surface area contributed by atoms with Crippen LogP contribution >= 0.6 is 16.5 Å². The van der Waals surface area contributed by atoms with E-state index in [1.807, 2.05) is 0 Å². The highest BCUT2D eigenvalue weighted by atomic mass is 31.2. The largest absolute Gasteiger partial charge is 0.353 e. The molecule has 2 atom stereocenters. The van der Waals surface area contributed by atoms with Crippen molar-refractivity contribution >= 4 is 16.5 Å². The van der Waals surface area contributed by atoms with Gasteiger partial charge in [-0.1, -0.05) is 0 Å². The molecule has 0 aromatic heterocycles. The molecule has 8 heteroatoms. The Morgan fingerprint density at radius 1 is 1.33 bits per heavy atom. The van der Waals surface area contributed by atoms with E-state index in [1.165, 1.54) is 0 Å². The highest BCUT2D eigenvalue weighted by molar-refractivity contribution is 7.47. The van der Waals surface area contributed by atoms with Crippen molar-refractivity contribution in [2.24, 2.45) is 0 Å². The van der Waals surface area contributed by atoms with Crippen molar-refractivity contribution in [1.29, 1.82) is 0 Å². The van der Waals surface area contributed by atoms with Crippen LogP contribution < -0.4 is 0 Å². The van der Waals surface area contributed by atoms with Crippen LogP contribution in [0.2, 0.25) is 0 Å². The van der Waals surface area contributed by atoms with Crippen LogP contribution in [0.5, 0.6) is 0 Å². The molecule has 0 spiro atoms. The van der Waals surface area contributed by atoms with Crippen molar-refractivity contribution < 1.29 is 27.9 Å². The highest BCUT2D eigenvalue weighted by Gasteiger charge is 2.02. The zero-order valence-corrected chi connectivity index (χ0v) is 6.49. The van der Waals surface area contributed by atoms with Crippen LogP contribution in [0.3, 0.4) is 0 Å². The smallest absolute Gasteiger partial charge is 0.314 e. The fraction of sp³-hybridized carbons (Fsp3) is 1.00. The highest BCUT2D eigenvalue weighted by Crippen LogP contribution is 2.37.